The molecule has 0 aliphatic carbocycles. The minimum Gasteiger partial charge on any atom is -0.328 e. The maximum Gasteiger partial charge on any atom is 0.283 e. The van der Waals surface area contributed by atoms with E-state index in [0.29, 0.717) is 5.56 Å². The molecule has 9 nitrogen and oxygen atoms in total. The topological polar surface area (TPSA) is 111 Å². The lowest BCUT2D eigenvalue weighted by Crippen LogP contribution is -2.45. The number of hydrogen-bond donors (Lipinski definition) is 2. The second-order valence-electron chi connectivity index (χ2n) is 7.85. The smallest absolute Gasteiger partial charge is 0.283 e. The third-order valence-corrected chi connectivity index (χ3v) is 6.53. The molecule has 4 aromatic rings. The number of rotatable bonds is 6. The molecule has 2 heterocycles. The van der Waals surface area contributed by atoms with Crippen LogP contribution in [0.25, 0.3) is 11.2 Å². The molecule has 4 rings (SSSR count). The first-order chi connectivity index (χ1) is 17.9. The average Bonchev–Trinajstić information content (AvgIpc) is 3.30. The van der Waals surface area contributed by atoms with Crippen molar-refractivity contribution in [3.05, 3.63) is 94.8 Å². The van der Waals surface area contributed by atoms with E-state index in [1.807, 2.05) is 0 Å². The number of alkyl halides is 6. The van der Waals surface area contributed by atoms with Gasteiger partial charge in [-0.05, 0) is 24.3 Å². The summed E-state index contributed by atoms with van der Waals surface area (Å²) in [5, 5.41) is 5.14. The Kier molecular flexibility index (Phi) is 8.46. The number of imidazole rings is 1. The van der Waals surface area contributed by atoms with Crippen molar-refractivity contribution in [3.8, 4) is 0 Å². The Bertz CT molecular complexity index is 1520. The number of aromatic nitrogens is 4. The van der Waals surface area contributed by atoms with Crippen LogP contribution in [0.2, 0.25) is 0 Å². The summed E-state index contributed by atoms with van der Waals surface area (Å²) in [4.78, 5) is 47.3. The molecule has 2 atom stereocenters. The van der Waals surface area contributed by atoms with Gasteiger partial charge in [-0.1, -0.05) is 106 Å². The van der Waals surface area contributed by atoms with Crippen molar-refractivity contribution in [1.29, 1.82) is 0 Å². The quantitative estimate of drug-likeness (QED) is 0.283. The van der Waals surface area contributed by atoms with Gasteiger partial charge in [-0.15, -0.1) is 0 Å². The molecule has 198 valence electrons. The van der Waals surface area contributed by atoms with Crippen LogP contribution in [0.1, 0.15) is 33.0 Å². The minimum absolute atomic E-state index is 0.0339. The minimum atomic E-state index is -2.16. The van der Waals surface area contributed by atoms with Gasteiger partial charge < -0.3 is 10.6 Å². The Labute approximate surface area is 245 Å². The third kappa shape index (κ3) is 6.20. The molecule has 0 radical (unpaired) electrons. The van der Waals surface area contributed by atoms with Gasteiger partial charge in [0.2, 0.25) is 7.59 Å². The molecule has 0 unspecified atom stereocenters. The van der Waals surface area contributed by atoms with Crippen LogP contribution in [0, 0.1) is 0 Å². The van der Waals surface area contributed by atoms with Gasteiger partial charge in [-0.2, -0.15) is 0 Å². The zero-order chi connectivity index (χ0) is 27.7. The summed E-state index contributed by atoms with van der Waals surface area (Å²) in [5.74, 6) is -1.14. The number of fused-ring (bicyclic) bond motifs is 1. The highest BCUT2D eigenvalue weighted by molar-refractivity contribution is 6.68. The summed E-state index contributed by atoms with van der Waals surface area (Å²) in [6, 6.07) is 16.4. The van der Waals surface area contributed by atoms with E-state index in [-0.39, 0.29) is 16.7 Å². The molecule has 0 fully saturated rings. The van der Waals surface area contributed by atoms with Crippen LogP contribution < -0.4 is 16.2 Å². The first-order valence-electron chi connectivity index (χ1n) is 10.7. The van der Waals surface area contributed by atoms with Gasteiger partial charge >= 0.3 is 0 Å². The van der Waals surface area contributed by atoms with Crippen LogP contribution in [0.5, 0.6) is 0 Å². The number of benzene rings is 2. The van der Waals surface area contributed by atoms with Gasteiger partial charge in [-0.3, -0.25) is 23.5 Å². The predicted molar refractivity (Wildman–Crippen MR) is 148 cm³/mol. The summed E-state index contributed by atoms with van der Waals surface area (Å²) in [7, 11) is 0. The van der Waals surface area contributed by atoms with Crippen LogP contribution in [-0.2, 0) is 0 Å². The predicted octanol–water partition coefficient (Wildman–Crippen LogP) is 5.19. The molecule has 2 amide bonds. The van der Waals surface area contributed by atoms with E-state index >= 15 is 0 Å². The van der Waals surface area contributed by atoms with Crippen LogP contribution in [0.3, 0.4) is 0 Å². The van der Waals surface area contributed by atoms with E-state index in [0.717, 1.165) is 10.9 Å². The molecule has 0 bridgehead atoms. The van der Waals surface area contributed by atoms with E-state index < -0.39 is 37.3 Å². The lowest BCUT2D eigenvalue weighted by molar-refractivity contribution is 0.0912. The number of amides is 2. The van der Waals surface area contributed by atoms with E-state index in [1.54, 1.807) is 60.7 Å². The van der Waals surface area contributed by atoms with Gasteiger partial charge in [-0.25, -0.2) is 9.97 Å². The number of carbonyl (C=O) groups is 2. The number of nitrogens with zero attached hydrogens (tertiary/aromatic N) is 4. The average molecular weight is 637 g/mol. The fourth-order valence-corrected chi connectivity index (χ4v) is 4.47. The second kappa shape index (κ2) is 11.3. The maximum atomic E-state index is 13.4. The zero-order valence-electron chi connectivity index (χ0n) is 18.9. The summed E-state index contributed by atoms with van der Waals surface area (Å²) in [6.45, 7) is 0. The van der Waals surface area contributed by atoms with Crippen molar-refractivity contribution in [2.75, 3.05) is 0 Å². The molecular weight excluding hydrogens is 621 g/mol. The molecule has 0 aliphatic rings. The molecule has 2 N–H and O–H groups in total. The van der Waals surface area contributed by atoms with Crippen LogP contribution in [-0.4, -0.2) is 38.5 Å². The first kappa shape index (κ1) is 28.5. The van der Waals surface area contributed by atoms with E-state index in [1.165, 1.54) is 10.9 Å². The largest absolute Gasteiger partial charge is 0.328 e. The Morgan fingerprint density at radius 3 is 1.55 bits per heavy atom. The normalized spacial score (nSPS) is 13.6. The standard InChI is InChI=1S/C23H16Cl6N6O3/c24-22(25,26)20(32-17(36)13-7-3-1-4-8-13)34-11-30-15-16(34)31-12-35(19(15)38)21(23(27,28)29)33-18(37)14-9-5-2-6-10-14/h1-12,20-21H,(H,32,36)(H,33,37)/t20-,21-/m0/s1. The fraction of sp³-hybridized carbons (Fsp3) is 0.174. The summed E-state index contributed by atoms with van der Waals surface area (Å²) < 4.78 is -2.09. The van der Waals surface area contributed by atoms with Gasteiger partial charge in [0.1, 0.15) is 6.33 Å². The highest BCUT2D eigenvalue weighted by atomic mass is 35.6. The Hall–Kier alpha value is -2.53. The summed E-state index contributed by atoms with van der Waals surface area (Å²) in [5.41, 5.74) is -0.415. The van der Waals surface area contributed by atoms with Crippen molar-refractivity contribution in [1.82, 2.24) is 29.7 Å². The second-order valence-corrected chi connectivity index (χ2v) is 12.6. The van der Waals surface area contributed by atoms with Gasteiger partial charge in [0, 0.05) is 11.1 Å². The highest BCUT2D eigenvalue weighted by Gasteiger charge is 2.39. The van der Waals surface area contributed by atoms with Gasteiger partial charge in [0.05, 0.1) is 6.33 Å². The molecule has 38 heavy (non-hydrogen) atoms. The third-order valence-electron chi connectivity index (χ3n) is 5.29. The molecule has 2 aromatic carbocycles. The molecule has 0 spiro atoms. The van der Waals surface area contributed by atoms with Crippen molar-refractivity contribution in [3.63, 3.8) is 0 Å². The lowest BCUT2D eigenvalue weighted by Gasteiger charge is -2.28. The number of hydrogen-bond acceptors (Lipinski definition) is 5. The summed E-state index contributed by atoms with van der Waals surface area (Å²) >= 11 is 36.9. The Morgan fingerprint density at radius 1 is 0.684 bits per heavy atom. The van der Waals surface area contributed by atoms with E-state index in [4.69, 9.17) is 69.6 Å². The molecule has 0 saturated heterocycles. The van der Waals surface area contributed by atoms with Crippen LogP contribution >= 0.6 is 69.6 Å². The number of halogens is 6. The molecule has 2 aromatic heterocycles. The van der Waals surface area contributed by atoms with Gasteiger partial charge in [0.25, 0.3) is 17.4 Å². The van der Waals surface area contributed by atoms with Crippen molar-refractivity contribution >= 4 is 92.6 Å². The van der Waals surface area contributed by atoms with E-state index in [9.17, 15) is 14.4 Å². The maximum absolute atomic E-state index is 13.4. The number of carbonyl (C=O) groups excluding carboxylic acids is 2. The highest BCUT2D eigenvalue weighted by Crippen LogP contribution is 2.39. The van der Waals surface area contributed by atoms with Crippen LogP contribution in [0.15, 0.2) is 78.1 Å². The molecule has 0 aliphatic heterocycles. The number of nitrogens with one attached hydrogen (secondary N) is 2. The first-order valence-corrected chi connectivity index (χ1v) is 12.9. The molecule has 15 heteroatoms. The van der Waals surface area contributed by atoms with Crippen molar-refractivity contribution in [2.45, 2.75) is 19.9 Å². The van der Waals surface area contributed by atoms with E-state index in [2.05, 4.69) is 20.6 Å². The molecular formula is C23H16Cl6N6O3. The van der Waals surface area contributed by atoms with Gasteiger partial charge in [0.15, 0.2) is 23.5 Å². The Morgan fingerprint density at radius 2 is 1.11 bits per heavy atom. The SMILES string of the molecule is O=C(N[C@@H](n1cnc2c(ncn2[C@H](NC(=O)c2ccccc2)C(Cl)(Cl)Cl)c1=O)C(Cl)(Cl)Cl)c1ccccc1. The monoisotopic (exact) mass is 634 g/mol. The molecule has 0 saturated carbocycles. The van der Waals surface area contributed by atoms with Crippen molar-refractivity contribution in [2.24, 2.45) is 0 Å². The lowest BCUT2D eigenvalue weighted by atomic mass is 10.2. The fourth-order valence-electron chi connectivity index (χ4n) is 3.51. The Balaban J connectivity index is 1.73. The van der Waals surface area contributed by atoms with Crippen molar-refractivity contribution < 1.29 is 9.59 Å². The summed E-state index contributed by atoms with van der Waals surface area (Å²) in [6.07, 6.45) is -0.547. The van der Waals surface area contributed by atoms with Crippen LogP contribution in [0.4, 0.5) is 0 Å². The zero-order valence-corrected chi connectivity index (χ0v) is 23.4.